The van der Waals surface area contributed by atoms with Gasteiger partial charge in [0.05, 0.1) is 18.1 Å². The predicted molar refractivity (Wildman–Crippen MR) is 57.9 cm³/mol. The van der Waals surface area contributed by atoms with Crippen LogP contribution in [0.2, 0.25) is 0 Å². The maximum absolute atomic E-state index is 12.4. The fourth-order valence-electron chi connectivity index (χ4n) is 1.09. The van der Waals surface area contributed by atoms with Gasteiger partial charge in [-0.3, -0.25) is 0 Å². The van der Waals surface area contributed by atoms with E-state index >= 15 is 0 Å². The standard InChI is InChI=1S/C10H8BrF3N2/c11-8-3-2-7(10(12,13)14)6-9(8)16-5-1-4-15/h2-3,6,16H,1,5H2. The number of halogens is 4. The summed E-state index contributed by atoms with van der Waals surface area (Å²) in [6.45, 7) is 0.316. The minimum atomic E-state index is -4.35. The summed E-state index contributed by atoms with van der Waals surface area (Å²) in [6.07, 6.45) is -4.12. The van der Waals surface area contributed by atoms with Gasteiger partial charge in [0, 0.05) is 16.7 Å². The third kappa shape index (κ3) is 3.42. The lowest BCUT2D eigenvalue weighted by Gasteiger charge is -2.11. The van der Waals surface area contributed by atoms with Crippen LogP contribution in [0.1, 0.15) is 12.0 Å². The van der Waals surface area contributed by atoms with Crippen LogP contribution >= 0.6 is 15.9 Å². The van der Waals surface area contributed by atoms with Crippen molar-refractivity contribution >= 4 is 21.6 Å². The second kappa shape index (κ2) is 5.21. The fourth-order valence-corrected chi connectivity index (χ4v) is 1.48. The van der Waals surface area contributed by atoms with Crippen molar-refractivity contribution in [3.05, 3.63) is 28.2 Å². The minimum absolute atomic E-state index is 0.239. The summed E-state index contributed by atoms with van der Waals surface area (Å²) in [7, 11) is 0. The van der Waals surface area contributed by atoms with Gasteiger partial charge in [0.2, 0.25) is 0 Å². The molecule has 86 valence electrons. The molecule has 0 amide bonds. The van der Waals surface area contributed by atoms with E-state index in [9.17, 15) is 13.2 Å². The number of hydrogen-bond acceptors (Lipinski definition) is 2. The molecular formula is C10H8BrF3N2. The number of nitriles is 1. The summed E-state index contributed by atoms with van der Waals surface area (Å²) in [5, 5.41) is 11.1. The Morgan fingerprint density at radius 1 is 1.38 bits per heavy atom. The topological polar surface area (TPSA) is 35.8 Å². The fraction of sp³-hybridized carbons (Fsp3) is 0.300. The number of alkyl halides is 3. The van der Waals surface area contributed by atoms with Gasteiger partial charge in [-0.05, 0) is 34.1 Å². The van der Waals surface area contributed by atoms with Gasteiger partial charge in [0.1, 0.15) is 0 Å². The quantitative estimate of drug-likeness (QED) is 0.861. The van der Waals surface area contributed by atoms with Crippen LogP contribution in [-0.2, 0) is 6.18 Å². The summed E-state index contributed by atoms with van der Waals surface area (Å²) in [4.78, 5) is 0. The average molecular weight is 293 g/mol. The molecule has 1 rings (SSSR count). The van der Waals surface area contributed by atoms with E-state index in [-0.39, 0.29) is 6.42 Å². The van der Waals surface area contributed by atoms with Crippen molar-refractivity contribution in [2.45, 2.75) is 12.6 Å². The van der Waals surface area contributed by atoms with Gasteiger partial charge in [-0.25, -0.2) is 0 Å². The average Bonchev–Trinajstić information content (AvgIpc) is 2.19. The number of nitrogens with zero attached hydrogens (tertiary/aromatic N) is 1. The molecule has 0 atom stereocenters. The Bertz CT molecular complexity index is 410. The van der Waals surface area contributed by atoms with Crippen LogP contribution < -0.4 is 5.32 Å². The van der Waals surface area contributed by atoms with E-state index in [1.807, 2.05) is 6.07 Å². The van der Waals surface area contributed by atoms with Crippen molar-refractivity contribution in [3.63, 3.8) is 0 Å². The summed E-state index contributed by atoms with van der Waals surface area (Å²) < 4.78 is 37.7. The first-order chi connectivity index (χ1) is 7.45. The van der Waals surface area contributed by atoms with Gasteiger partial charge in [0.15, 0.2) is 0 Å². The van der Waals surface area contributed by atoms with E-state index in [2.05, 4.69) is 21.2 Å². The van der Waals surface area contributed by atoms with Gasteiger partial charge in [-0.1, -0.05) is 0 Å². The van der Waals surface area contributed by atoms with E-state index in [0.29, 0.717) is 16.7 Å². The summed E-state index contributed by atoms with van der Waals surface area (Å²) in [5.74, 6) is 0. The van der Waals surface area contributed by atoms with Gasteiger partial charge < -0.3 is 5.32 Å². The molecule has 2 nitrogen and oxygen atoms in total. The minimum Gasteiger partial charge on any atom is -0.383 e. The molecule has 0 fully saturated rings. The van der Waals surface area contributed by atoms with Gasteiger partial charge in [-0.2, -0.15) is 18.4 Å². The predicted octanol–water partition coefficient (Wildman–Crippen LogP) is 3.79. The molecular weight excluding hydrogens is 285 g/mol. The summed E-state index contributed by atoms with van der Waals surface area (Å²) in [6, 6.07) is 5.25. The van der Waals surface area contributed by atoms with Crippen molar-refractivity contribution in [1.29, 1.82) is 5.26 Å². The molecule has 1 aromatic carbocycles. The first kappa shape index (κ1) is 12.8. The van der Waals surface area contributed by atoms with E-state index in [4.69, 9.17) is 5.26 Å². The Balaban J connectivity index is 2.88. The maximum atomic E-state index is 12.4. The maximum Gasteiger partial charge on any atom is 0.416 e. The van der Waals surface area contributed by atoms with E-state index in [1.54, 1.807) is 0 Å². The largest absolute Gasteiger partial charge is 0.416 e. The molecule has 0 heterocycles. The molecule has 0 bridgehead atoms. The molecule has 0 aliphatic rings. The first-order valence-corrected chi connectivity index (χ1v) is 5.22. The monoisotopic (exact) mass is 292 g/mol. The second-order valence-electron chi connectivity index (χ2n) is 3.03. The van der Waals surface area contributed by atoms with E-state index < -0.39 is 11.7 Å². The molecule has 0 saturated heterocycles. The Morgan fingerprint density at radius 3 is 2.62 bits per heavy atom. The zero-order valence-electron chi connectivity index (χ0n) is 8.11. The molecule has 0 aliphatic carbocycles. The van der Waals surface area contributed by atoms with Crippen LogP contribution in [0, 0.1) is 11.3 Å². The van der Waals surface area contributed by atoms with Crippen molar-refractivity contribution < 1.29 is 13.2 Å². The number of hydrogen-bond donors (Lipinski definition) is 1. The summed E-state index contributed by atoms with van der Waals surface area (Å²) >= 11 is 3.14. The SMILES string of the molecule is N#CCCNc1cc(C(F)(F)F)ccc1Br. The summed E-state index contributed by atoms with van der Waals surface area (Å²) in [5.41, 5.74) is -0.375. The highest BCUT2D eigenvalue weighted by atomic mass is 79.9. The highest BCUT2D eigenvalue weighted by Gasteiger charge is 2.30. The van der Waals surface area contributed by atoms with Crippen molar-refractivity contribution in [2.24, 2.45) is 0 Å². The Kier molecular flexibility index (Phi) is 4.19. The highest BCUT2D eigenvalue weighted by molar-refractivity contribution is 9.10. The molecule has 0 aromatic heterocycles. The van der Waals surface area contributed by atoms with Gasteiger partial charge in [0.25, 0.3) is 0 Å². The Morgan fingerprint density at radius 2 is 2.06 bits per heavy atom. The van der Waals surface area contributed by atoms with Crippen LogP contribution in [-0.4, -0.2) is 6.54 Å². The molecule has 16 heavy (non-hydrogen) atoms. The molecule has 0 unspecified atom stereocenters. The highest BCUT2D eigenvalue weighted by Crippen LogP contribution is 2.33. The van der Waals surface area contributed by atoms with Crippen LogP contribution in [0.5, 0.6) is 0 Å². The molecule has 0 radical (unpaired) electrons. The van der Waals surface area contributed by atoms with Gasteiger partial charge >= 0.3 is 6.18 Å². The van der Waals surface area contributed by atoms with Crippen LogP contribution in [0.15, 0.2) is 22.7 Å². The lowest BCUT2D eigenvalue weighted by molar-refractivity contribution is -0.137. The molecule has 1 aromatic rings. The number of anilines is 1. The zero-order valence-corrected chi connectivity index (χ0v) is 9.69. The lowest BCUT2D eigenvalue weighted by atomic mass is 10.2. The second-order valence-corrected chi connectivity index (χ2v) is 3.88. The van der Waals surface area contributed by atoms with Gasteiger partial charge in [-0.15, -0.1) is 0 Å². The Hall–Kier alpha value is -1.22. The first-order valence-electron chi connectivity index (χ1n) is 4.42. The molecule has 0 spiro atoms. The van der Waals surface area contributed by atoms with Crippen LogP contribution in [0.4, 0.5) is 18.9 Å². The third-order valence-electron chi connectivity index (χ3n) is 1.85. The van der Waals surface area contributed by atoms with E-state index in [1.165, 1.54) is 6.07 Å². The van der Waals surface area contributed by atoms with Crippen molar-refractivity contribution in [2.75, 3.05) is 11.9 Å². The van der Waals surface area contributed by atoms with Crippen molar-refractivity contribution in [3.8, 4) is 6.07 Å². The number of nitrogens with one attached hydrogen (secondary N) is 1. The van der Waals surface area contributed by atoms with E-state index in [0.717, 1.165) is 12.1 Å². The Labute approximate surface area is 99.2 Å². The molecule has 1 N–H and O–H groups in total. The van der Waals surface area contributed by atoms with Crippen LogP contribution in [0.25, 0.3) is 0 Å². The smallest absolute Gasteiger partial charge is 0.383 e. The number of benzene rings is 1. The molecule has 0 aliphatic heterocycles. The third-order valence-corrected chi connectivity index (χ3v) is 2.54. The van der Waals surface area contributed by atoms with Crippen LogP contribution in [0.3, 0.4) is 0 Å². The molecule has 6 heteroatoms. The lowest BCUT2D eigenvalue weighted by Crippen LogP contribution is -2.07. The molecule has 0 saturated carbocycles. The normalized spacial score (nSPS) is 10.9. The zero-order chi connectivity index (χ0) is 12.2. The number of rotatable bonds is 3. The van der Waals surface area contributed by atoms with Crippen molar-refractivity contribution in [1.82, 2.24) is 0 Å².